The summed E-state index contributed by atoms with van der Waals surface area (Å²) in [5.41, 5.74) is 2.82. The Morgan fingerprint density at radius 2 is 1.83 bits per heavy atom. The SMILES string of the molecule is CCN(C)Cc1ccc(NC(=O)c2ccc(C)c(C#Cc3cncc(NC)c3)c2)cc1C(F)(F)F. The van der Waals surface area contributed by atoms with Crippen molar-refractivity contribution in [2.24, 2.45) is 0 Å². The number of hydrogen-bond donors (Lipinski definition) is 2. The minimum absolute atomic E-state index is 0.0772. The van der Waals surface area contributed by atoms with Crippen molar-refractivity contribution in [1.82, 2.24) is 9.88 Å². The van der Waals surface area contributed by atoms with Gasteiger partial charge in [0.05, 0.1) is 17.4 Å². The topological polar surface area (TPSA) is 57.3 Å². The molecule has 1 amide bonds. The minimum atomic E-state index is -4.53. The van der Waals surface area contributed by atoms with Gasteiger partial charge < -0.3 is 15.5 Å². The van der Waals surface area contributed by atoms with E-state index in [1.165, 1.54) is 12.1 Å². The van der Waals surface area contributed by atoms with Crippen LogP contribution in [0.15, 0.2) is 54.9 Å². The first kappa shape index (κ1) is 25.8. The molecule has 2 N–H and O–H groups in total. The van der Waals surface area contributed by atoms with E-state index in [-0.39, 0.29) is 17.8 Å². The predicted molar refractivity (Wildman–Crippen MR) is 132 cm³/mol. The molecule has 0 fully saturated rings. The number of aromatic nitrogens is 1. The van der Waals surface area contributed by atoms with Crippen molar-refractivity contribution in [2.45, 2.75) is 26.6 Å². The lowest BCUT2D eigenvalue weighted by Gasteiger charge is -2.19. The number of pyridine rings is 1. The Bertz CT molecular complexity index is 1280. The number of nitrogens with one attached hydrogen (secondary N) is 2. The van der Waals surface area contributed by atoms with Crippen molar-refractivity contribution in [3.63, 3.8) is 0 Å². The molecule has 2 aromatic carbocycles. The molecule has 0 bridgehead atoms. The van der Waals surface area contributed by atoms with Crippen molar-refractivity contribution in [3.8, 4) is 11.8 Å². The second-order valence-corrected chi connectivity index (χ2v) is 8.15. The molecule has 3 aromatic rings. The van der Waals surface area contributed by atoms with Gasteiger partial charge >= 0.3 is 6.18 Å². The Balaban J connectivity index is 1.85. The largest absolute Gasteiger partial charge is 0.416 e. The number of benzene rings is 2. The van der Waals surface area contributed by atoms with Gasteiger partial charge in [-0.15, -0.1) is 0 Å². The van der Waals surface area contributed by atoms with E-state index in [0.29, 0.717) is 23.2 Å². The number of amides is 1. The molecule has 3 rings (SSSR count). The summed E-state index contributed by atoms with van der Waals surface area (Å²) in [6.07, 6.45) is -1.21. The Labute approximate surface area is 203 Å². The molecule has 0 radical (unpaired) electrons. The van der Waals surface area contributed by atoms with Gasteiger partial charge in [0.25, 0.3) is 5.91 Å². The van der Waals surface area contributed by atoms with Gasteiger partial charge in [0.2, 0.25) is 0 Å². The number of nitrogens with zero attached hydrogens (tertiary/aromatic N) is 2. The van der Waals surface area contributed by atoms with Crippen LogP contribution in [0.5, 0.6) is 0 Å². The number of alkyl halides is 3. The first-order chi connectivity index (χ1) is 16.6. The van der Waals surface area contributed by atoms with Crippen LogP contribution in [0.1, 0.15) is 45.1 Å². The summed E-state index contributed by atoms with van der Waals surface area (Å²) in [5.74, 6) is 5.56. The van der Waals surface area contributed by atoms with Crippen LogP contribution in [0.25, 0.3) is 0 Å². The van der Waals surface area contributed by atoms with Crippen molar-refractivity contribution < 1.29 is 18.0 Å². The minimum Gasteiger partial charge on any atom is -0.387 e. The van der Waals surface area contributed by atoms with E-state index in [4.69, 9.17) is 0 Å². The monoisotopic (exact) mass is 480 g/mol. The van der Waals surface area contributed by atoms with Gasteiger partial charge in [0, 0.05) is 42.2 Å². The van der Waals surface area contributed by atoms with E-state index >= 15 is 0 Å². The molecule has 1 heterocycles. The average Bonchev–Trinajstić information content (AvgIpc) is 2.83. The van der Waals surface area contributed by atoms with Gasteiger partial charge in [-0.05, 0) is 62.0 Å². The molecule has 0 saturated heterocycles. The van der Waals surface area contributed by atoms with Crippen molar-refractivity contribution in [3.05, 3.63) is 88.2 Å². The molecular formula is C27H27F3N4O. The van der Waals surface area contributed by atoms with Gasteiger partial charge in [-0.1, -0.05) is 30.9 Å². The molecule has 182 valence electrons. The molecule has 0 aliphatic carbocycles. The summed E-state index contributed by atoms with van der Waals surface area (Å²) in [4.78, 5) is 18.7. The lowest BCUT2D eigenvalue weighted by Crippen LogP contribution is -2.20. The fourth-order valence-corrected chi connectivity index (χ4v) is 3.34. The van der Waals surface area contributed by atoms with E-state index < -0.39 is 17.6 Å². The van der Waals surface area contributed by atoms with Crippen LogP contribution >= 0.6 is 0 Å². The second kappa shape index (κ2) is 11.1. The highest BCUT2D eigenvalue weighted by Gasteiger charge is 2.33. The van der Waals surface area contributed by atoms with E-state index in [1.54, 1.807) is 49.6 Å². The molecule has 0 saturated carbocycles. The third-order valence-corrected chi connectivity index (χ3v) is 5.52. The molecule has 0 atom stereocenters. The highest BCUT2D eigenvalue weighted by molar-refractivity contribution is 6.04. The summed E-state index contributed by atoms with van der Waals surface area (Å²) in [7, 11) is 3.54. The van der Waals surface area contributed by atoms with Gasteiger partial charge in [-0.3, -0.25) is 9.78 Å². The standard InChI is InChI=1S/C27H27F3N4O/c1-5-34(4)17-22-10-11-23(14-25(22)27(28,29)30)33-26(35)21-8-6-18(2)20(13-21)9-7-19-12-24(31-3)16-32-15-19/h6,8,10-16,31H,5,17H2,1-4H3,(H,33,35). The lowest BCUT2D eigenvalue weighted by atomic mass is 10.0. The van der Waals surface area contributed by atoms with Crippen LogP contribution in [0.4, 0.5) is 24.5 Å². The third-order valence-electron chi connectivity index (χ3n) is 5.52. The van der Waals surface area contributed by atoms with Gasteiger partial charge in [-0.25, -0.2) is 0 Å². The number of hydrogen-bond acceptors (Lipinski definition) is 4. The normalized spacial score (nSPS) is 11.1. The first-order valence-corrected chi connectivity index (χ1v) is 11.1. The van der Waals surface area contributed by atoms with Crippen LogP contribution in [-0.2, 0) is 12.7 Å². The summed E-state index contributed by atoms with van der Waals surface area (Å²) in [5, 5.41) is 5.58. The fourth-order valence-electron chi connectivity index (χ4n) is 3.34. The van der Waals surface area contributed by atoms with Crippen LogP contribution < -0.4 is 10.6 Å². The summed E-state index contributed by atoms with van der Waals surface area (Å²) < 4.78 is 41.0. The Morgan fingerprint density at radius 3 is 2.51 bits per heavy atom. The molecule has 0 spiro atoms. The van der Waals surface area contributed by atoms with Crippen LogP contribution in [-0.4, -0.2) is 36.4 Å². The van der Waals surface area contributed by atoms with E-state index in [0.717, 1.165) is 17.3 Å². The van der Waals surface area contributed by atoms with Gasteiger partial charge in [0.15, 0.2) is 0 Å². The average molecular weight is 481 g/mol. The van der Waals surface area contributed by atoms with Crippen LogP contribution in [0.3, 0.4) is 0 Å². The quantitative estimate of drug-likeness (QED) is 0.454. The molecular weight excluding hydrogens is 453 g/mol. The highest BCUT2D eigenvalue weighted by atomic mass is 19.4. The summed E-state index contributed by atoms with van der Waals surface area (Å²) in [6, 6.07) is 10.7. The first-order valence-electron chi connectivity index (χ1n) is 11.1. The van der Waals surface area contributed by atoms with Crippen molar-refractivity contribution >= 4 is 17.3 Å². The number of rotatable bonds is 6. The zero-order valence-electron chi connectivity index (χ0n) is 20.0. The van der Waals surface area contributed by atoms with Crippen LogP contribution in [0.2, 0.25) is 0 Å². The van der Waals surface area contributed by atoms with Crippen molar-refractivity contribution in [2.75, 3.05) is 31.3 Å². The number of carbonyl (C=O) groups excluding carboxylic acids is 1. The molecule has 0 aliphatic heterocycles. The zero-order valence-corrected chi connectivity index (χ0v) is 20.0. The molecule has 0 aliphatic rings. The predicted octanol–water partition coefficient (Wildman–Crippen LogP) is 5.55. The van der Waals surface area contributed by atoms with Crippen molar-refractivity contribution in [1.29, 1.82) is 0 Å². The maximum atomic E-state index is 13.7. The summed E-state index contributed by atoms with van der Waals surface area (Å²) in [6.45, 7) is 4.52. The Kier molecular flexibility index (Phi) is 8.15. The Hall–Kier alpha value is -3.83. The maximum Gasteiger partial charge on any atom is 0.416 e. The molecule has 35 heavy (non-hydrogen) atoms. The summed E-state index contributed by atoms with van der Waals surface area (Å²) >= 11 is 0. The smallest absolute Gasteiger partial charge is 0.387 e. The lowest BCUT2D eigenvalue weighted by molar-refractivity contribution is -0.138. The third kappa shape index (κ3) is 6.84. The molecule has 8 heteroatoms. The Morgan fingerprint density at radius 1 is 1.06 bits per heavy atom. The molecule has 0 unspecified atom stereocenters. The molecule has 1 aromatic heterocycles. The number of carbonyl (C=O) groups is 1. The number of halogens is 3. The van der Waals surface area contributed by atoms with E-state index in [9.17, 15) is 18.0 Å². The second-order valence-electron chi connectivity index (χ2n) is 8.15. The van der Waals surface area contributed by atoms with Gasteiger partial charge in [-0.2, -0.15) is 13.2 Å². The van der Waals surface area contributed by atoms with E-state index in [1.807, 2.05) is 19.9 Å². The zero-order chi connectivity index (χ0) is 25.6. The number of anilines is 2. The number of aryl methyl sites for hydroxylation is 1. The van der Waals surface area contributed by atoms with E-state index in [2.05, 4.69) is 27.5 Å². The maximum absolute atomic E-state index is 13.7. The highest BCUT2D eigenvalue weighted by Crippen LogP contribution is 2.34. The fraction of sp³-hybridized carbons (Fsp3) is 0.259. The molecule has 5 nitrogen and oxygen atoms in total. The van der Waals surface area contributed by atoms with Gasteiger partial charge in [0.1, 0.15) is 0 Å². The van der Waals surface area contributed by atoms with Crippen LogP contribution in [0, 0.1) is 18.8 Å².